The maximum atomic E-state index is 13.0. The van der Waals surface area contributed by atoms with Crippen molar-refractivity contribution in [1.82, 2.24) is 9.80 Å². The number of hydrogen-bond acceptors (Lipinski definition) is 4. The minimum Gasteiger partial charge on any atom is -0.390 e. The van der Waals surface area contributed by atoms with Gasteiger partial charge in [-0.15, -0.1) is 0 Å². The van der Waals surface area contributed by atoms with Gasteiger partial charge in [-0.25, -0.2) is 0 Å². The van der Waals surface area contributed by atoms with Crippen LogP contribution in [0.15, 0.2) is 54.6 Å². The van der Waals surface area contributed by atoms with E-state index in [1.807, 2.05) is 25.1 Å². The summed E-state index contributed by atoms with van der Waals surface area (Å²) in [5, 5.41) is 10.2. The van der Waals surface area contributed by atoms with Gasteiger partial charge in [0.2, 0.25) is 0 Å². The maximum absolute atomic E-state index is 13.0. The Labute approximate surface area is 147 Å². The molecule has 0 unspecified atom stereocenters. The van der Waals surface area contributed by atoms with Crippen LogP contribution in [0.5, 0.6) is 0 Å². The SMILES string of the molecule is CN(C)[C@H]1CN(C(=O)c2ccccc2C(=O)c2ccccc2)C[C@@H]1O. The Bertz CT molecular complexity index is 774. The molecular formula is C20H22N2O3. The molecule has 5 nitrogen and oxygen atoms in total. The molecule has 1 amide bonds. The van der Waals surface area contributed by atoms with Gasteiger partial charge in [-0.05, 0) is 20.2 Å². The van der Waals surface area contributed by atoms with Gasteiger partial charge >= 0.3 is 0 Å². The van der Waals surface area contributed by atoms with Gasteiger partial charge < -0.3 is 14.9 Å². The number of benzene rings is 2. The number of amides is 1. The molecule has 2 aromatic carbocycles. The van der Waals surface area contributed by atoms with Crippen molar-refractivity contribution < 1.29 is 14.7 Å². The summed E-state index contributed by atoms with van der Waals surface area (Å²) in [7, 11) is 3.77. The maximum Gasteiger partial charge on any atom is 0.254 e. The Morgan fingerprint density at radius 1 is 0.960 bits per heavy atom. The topological polar surface area (TPSA) is 60.9 Å². The van der Waals surface area contributed by atoms with Crippen LogP contribution in [-0.4, -0.2) is 65.9 Å². The molecule has 0 radical (unpaired) electrons. The zero-order chi connectivity index (χ0) is 18.0. The van der Waals surface area contributed by atoms with Crippen molar-refractivity contribution in [3.8, 4) is 0 Å². The third-order valence-electron chi connectivity index (χ3n) is 4.65. The zero-order valence-electron chi connectivity index (χ0n) is 14.4. The number of likely N-dealkylation sites (tertiary alicyclic amines) is 1. The van der Waals surface area contributed by atoms with Gasteiger partial charge in [-0.1, -0.05) is 48.5 Å². The highest BCUT2D eigenvalue weighted by Gasteiger charge is 2.36. The quantitative estimate of drug-likeness (QED) is 0.862. The molecule has 5 heteroatoms. The van der Waals surface area contributed by atoms with Gasteiger partial charge in [-0.2, -0.15) is 0 Å². The van der Waals surface area contributed by atoms with E-state index in [1.165, 1.54) is 0 Å². The highest BCUT2D eigenvalue weighted by molar-refractivity contribution is 6.15. The molecular weight excluding hydrogens is 316 g/mol. The van der Waals surface area contributed by atoms with Crippen LogP contribution >= 0.6 is 0 Å². The van der Waals surface area contributed by atoms with Gasteiger partial charge in [0.25, 0.3) is 5.91 Å². The fourth-order valence-electron chi connectivity index (χ4n) is 3.23. The lowest BCUT2D eigenvalue weighted by Gasteiger charge is -2.22. The average molecular weight is 338 g/mol. The predicted molar refractivity (Wildman–Crippen MR) is 95.7 cm³/mol. The van der Waals surface area contributed by atoms with Gasteiger partial charge in [0.15, 0.2) is 5.78 Å². The summed E-state index contributed by atoms with van der Waals surface area (Å²) in [6.45, 7) is 0.719. The Morgan fingerprint density at radius 3 is 2.16 bits per heavy atom. The summed E-state index contributed by atoms with van der Waals surface area (Å²) in [5.41, 5.74) is 1.32. The lowest BCUT2D eigenvalue weighted by molar-refractivity contribution is 0.0760. The van der Waals surface area contributed by atoms with E-state index < -0.39 is 6.10 Å². The summed E-state index contributed by atoms with van der Waals surface area (Å²) in [4.78, 5) is 29.3. The summed E-state index contributed by atoms with van der Waals surface area (Å²) >= 11 is 0. The molecule has 1 fully saturated rings. The highest BCUT2D eigenvalue weighted by atomic mass is 16.3. The second-order valence-electron chi connectivity index (χ2n) is 6.55. The van der Waals surface area contributed by atoms with Crippen molar-refractivity contribution in [2.45, 2.75) is 12.1 Å². The molecule has 1 heterocycles. The summed E-state index contributed by atoms with van der Waals surface area (Å²) in [6, 6.07) is 15.7. The van der Waals surface area contributed by atoms with Crippen molar-refractivity contribution in [2.75, 3.05) is 27.2 Å². The molecule has 25 heavy (non-hydrogen) atoms. The number of aliphatic hydroxyl groups is 1. The number of rotatable bonds is 4. The van der Waals surface area contributed by atoms with E-state index in [0.29, 0.717) is 23.2 Å². The van der Waals surface area contributed by atoms with Crippen LogP contribution in [0, 0.1) is 0 Å². The zero-order valence-corrected chi connectivity index (χ0v) is 14.4. The fourth-order valence-corrected chi connectivity index (χ4v) is 3.23. The van der Waals surface area contributed by atoms with Crippen molar-refractivity contribution in [1.29, 1.82) is 0 Å². The molecule has 0 aromatic heterocycles. The minimum atomic E-state index is -0.587. The lowest BCUT2D eigenvalue weighted by Crippen LogP contribution is -2.38. The van der Waals surface area contributed by atoms with Crippen LogP contribution in [-0.2, 0) is 0 Å². The largest absolute Gasteiger partial charge is 0.390 e. The molecule has 3 rings (SSSR count). The summed E-state index contributed by atoms with van der Waals surface area (Å²) in [6.07, 6.45) is -0.587. The van der Waals surface area contributed by atoms with E-state index in [4.69, 9.17) is 0 Å². The van der Waals surface area contributed by atoms with Crippen LogP contribution in [0.4, 0.5) is 0 Å². The minimum absolute atomic E-state index is 0.0964. The number of nitrogens with zero attached hydrogens (tertiary/aromatic N) is 2. The average Bonchev–Trinajstić information content (AvgIpc) is 3.03. The summed E-state index contributed by atoms with van der Waals surface area (Å²) < 4.78 is 0. The normalized spacial score (nSPS) is 20.1. The van der Waals surface area contributed by atoms with Crippen LogP contribution in [0.2, 0.25) is 0 Å². The molecule has 1 aliphatic heterocycles. The smallest absolute Gasteiger partial charge is 0.254 e. The van der Waals surface area contributed by atoms with E-state index >= 15 is 0 Å². The van der Waals surface area contributed by atoms with Crippen molar-refractivity contribution >= 4 is 11.7 Å². The van der Waals surface area contributed by atoms with Crippen LogP contribution in [0.3, 0.4) is 0 Å². The van der Waals surface area contributed by atoms with Gasteiger partial charge in [0.1, 0.15) is 0 Å². The third-order valence-corrected chi connectivity index (χ3v) is 4.65. The van der Waals surface area contributed by atoms with Crippen LogP contribution in [0.25, 0.3) is 0 Å². The van der Waals surface area contributed by atoms with E-state index in [-0.39, 0.29) is 24.3 Å². The molecule has 1 N–H and O–H groups in total. The van der Waals surface area contributed by atoms with Gasteiger partial charge in [-0.3, -0.25) is 9.59 Å². The number of β-amino-alcohol motifs (C(OH)–C–C–N with tert-alkyl or cyclic N) is 1. The van der Waals surface area contributed by atoms with E-state index in [2.05, 4.69) is 0 Å². The fraction of sp³-hybridized carbons (Fsp3) is 0.300. The number of carbonyl (C=O) groups excluding carboxylic acids is 2. The Hall–Kier alpha value is -2.50. The van der Waals surface area contributed by atoms with E-state index in [0.717, 1.165) is 0 Å². The number of ketones is 1. The predicted octanol–water partition coefficient (Wildman–Crippen LogP) is 1.66. The van der Waals surface area contributed by atoms with Gasteiger partial charge in [0.05, 0.1) is 17.7 Å². The number of carbonyl (C=O) groups is 2. The molecule has 0 bridgehead atoms. The molecule has 0 aliphatic carbocycles. The van der Waals surface area contributed by atoms with E-state index in [9.17, 15) is 14.7 Å². The number of aliphatic hydroxyl groups excluding tert-OH is 1. The summed E-state index contributed by atoms with van der Waals surface area (Å²) in [5.74, 6) is -0.392. The Kier molecular flexibility index (Phi) is 4.97. The standard InChI is InChI=1S/C20H22N2O3/c1-21(2)17-12-22(13-18(17)23)20(25)16-11-7-6-10-15(16)19(24)14-8-4-3-5-9-14/h3-11,17-18,23H,12-13H2,1-2H3/t17-,18-/m0/s1. The molecule has 0 spiro atoms. The first-order valence-corrected chi connectivity index (χ1v) is 8.31. The second kappa shape index (κ2) is 7.17. The molecule has 130 valence electrons. The second-order valence-corrected chi connectivity index (χ2v) is 6.55. The first kappa shape index (κ1) is 17.3. The Morgan fingerprint density at radius 2 is 1.56 bits per heavy atom. The molecule has 1 saturated heterocycles. The first-order chi connectivity index (χ1) is 12.0. The molecule has 1 aliphatic rings. The monoisotopic (exact) mass is 338 g/mol. The van der Waals surface area contributed by atoms with E-state index in [1.54, 1.807) is 53.4 Å². The highest BCUT2D eigenvalue weighted by Crippen LogP contribution is 2.21. The van der Waals surface area contributed by atoms with Crippen molar-refractivity contribution in [3.05, 3.63) is 71.3 Å². The van der Waals surface area contributed by atoms with Crippen LogP contribution in [0.1, 0.15) is 26.3 Å². The molecule has 0 saturated carbocycles. The molecule has 2 atom stereocenters. The molecule has 2 aromatic rings. The van der Waals surface area contributed by atoms with Crippen molar-refractivity contribution in [2.24, 2.45) is 0 Å². The van der Waals surface area contributed by atoms with Crippen molar-refractivity contribution in [3.63, 3.8) is 0 Å². The Balaban J connectivity index is 1.89. The van der Waals surface area contributed by atoms with Gasteiger partial charge in [0, 0.05) is 24.2 Å². The number of hydrogen-bond donors (Lipinski definition) is 1. The third kappa shape index (κ3) is 3.48. The van der Waals surface area contributed by atoms with Crippen LogP contribution < -0.4 is 0 Å². The lowest BCUT2D eigenvalue weighted by atomic mass is 9.97. The first-order valence-electron chi connectivity index (χ1n) is 8.31. The number of likely N-dealkylation sites (N-methyl/N-ethyl adjacent to an activating group) is 1.